The fourth-order valence-electron chi connectivity index (χ4n) is 3.00. The van der Waals surface area contributed by atoms with Gasteiger partial charge < -0.3 is 9.47 Å². The van der Waals surface area contributed by atoms with Crippen LogP contribution < -0.4 is 9.47 Å². The van der Waals surface area contributed by atoms with E-state index in [1.807, 2.05) is 41.7 Å². The summed E-state index contributed by atoms with van der Waals surface area (Å²) in [6, 6.07) is 12.2. The monoisotopic (exact) mass is 388 g/mol. The normalized spacial score (nSPS) is 14.4. The van der Waals surface area contributed by atoms with Crippen molar-refractivity contribution in [3.63, 3.8) is 0 Å². The second kappa shape index (κ2) is 8.87. The summed E-state index contributed by atoms with van der Waals surface area (Å²) >= 11 is 3.88. The Kier molecular flexibility index (Phi) is 6.54. The van der Waals surface area contributed by atoms with Crippen LogP contribution in [0.25, 0.3) is 0 Å². The van der Waals surface area contributed by atoms with Crippen molar-refractivity contribution in [2.45, 2.75) is 31.3 Å². The second-order valence-electron chi connectivity index (χ2n) is 6.39. The molecule has 3 rings (SSSR count). The first-order valence-corrected chi connectivity index (χ1v) is 10.8. The van der Waals surface area contributed by atoms with Crippen LogP contribution in [0.2, 0.25) is 0 Å². The first-order chi connectivity index (χ1) is 12.6. The fraction of sp³-hybridized carbons (Fsp3) is 0.381. The second-order valence-corrected chi connectivity index (χ2v) is 9.11. The first kappa shape index (κ1) is 19.2. The summed E-state index contributed by atoms with van der Waals surface area (Å²) in [4.78, 5) is 12.3. The lowest BCUT2D eigenvalue weighted by atomic mass is 10.0. The third-order valence-electron chi connectivity index (χ3n) is 4.40. The number of methoxy groups -OCH3 is 1. The lowest BCUT2D eigenvalue weighted by molar-refractivity contribution is -0.134. The molecular formula is C21H24O3S2. The van der Waals surface area contributed by atoms with Crippen LogP contribution in [0, 0.1) is 13.8 Å². The van der Waals surface area contributed by atoms with E-state index in [1.165, 1.54) is 33.8 Å². The van der Waals surface area contributed by atoms with Gasteiger partial charge in [-0.1, -0.05) is 29.8 Å². The van der Waals surface area contributed by atoms with Crippen LogP contribution in [0.1, 0.15) is 33.3 Å². The van der Waals surface area contributed by atoms with Gasteiger partial charge in [0, 0.05) is 17.9 Å². The van der Waals surface area contributed by atoms with Gasteiger partial charge in [-0.15, -0.1) is 23.5 Å². The van der Waals surface area contributed by atoms with Gasteiger partial charge in [0.15, 0.2) is 11.5 Å². The third-order valence-corrected chi connectivity index (χ3v) is 7.51. The van der Waals surface area contributed by atoms with E-state index in [0.29, 0.717) is 28.9 Å². The molecule has 0 atom stereocenters. The Hall–Kier alpha value is -1.59. The number of ether oxygens (including phenoxy) is 2. The fourth-order valence-corrected chi connectivity index (χ4v) is 5.84. The van der Waals surface area contributed by atoms with Gasteiger partial charge in [-0.3, -0.25) is 4.79 Å². The number of hydrogen-bond acceptors (Lipinski definition) is 5. The minimum absolute atomic E-state index is 0.236. The maximum Gasteiger partial charge on any atom is 0.311 e. The Balaban J connectivity index is 1.62. The molecule has 0 amide bonds. The number of thioether (sulfide) groups is 2. The lowest BCUT2D eigenvalue weighted by Gasteiger charge is -2.14. The predicted molar refractivity (Wildman–Crippen MR) is 111 cm³/mol. The van der Waals surface area contributed by atoms with Crippen LogP contribution >= 0.6 is 23.5 Å². The van der Waals surface area contributed by atoms with Crippen LogP contribution in [-0.4, -0.2) is 24.6 Å². The van der Waals surface area contributed by atoms with Crippen molar-refractivity contribution >= 4 is 29.5 Å². The molecule has 26 heavy (non-hydrogen) atoms. The molecule has 0 spiro atoms. The van der Waals surface area contributed by atoms with Crippen molar-refractivity contribution in [3.05, 3.63) is 58.7 Å². The van der Waals surface area contributed by atoms with Crippen LogP contribution in [-0.2, 0) is 11.2 Å². The Labute approximate surface area is 163 Å². The molecule has 0 aromatic heterocycles. The van der Waals surface area contributed by atoms with Crippen LogP contribution in [0.5, 0.6) is 11.5 Å². The standard InChI is InChI=1S/C21H24O3S2/c1-14-4-5-16(15(2)12-14)7-9-20(22)24-18-8-6-17(13-19(18)23-3)21-25-10-11-26-21/h4-6,8,12-13,21H,7,9-11H2,1-3H3. The summed E-state index contributed by atoms with van der Waals surface area (Å²) < 4.78 is 11.5. The van der Waals surface area contributed by atoms with E-state index in [0.717, 1.165) is 0 Å². The number of rotatable bonds is 6. The van der Waals surface area contributed by atoms with Crippen molar-refractivity contribution in [1.82, 2.24) is 0 Å². The van der Waals surface area contributed by atoms with Gasteiger partial charge in [0.25, 0.3) is 0 Å². The molecule has 0 N–H and O–H groups in total. The molecule has 2 aromatic carbocycles. The number of benzene rings is 2. The van der Waals surface area contributed by atoms with E-state index in [1.54, 1.807) is 7.11 Å². The Morgan fingerprint density at radius 2 is 1.85 bits per heavy atom. The highest BCUT2D eigenvalue weighted by molar-refractivity contribution is 8.19. The largest absolute Gasteiger partial charge is 0.493 e. The molecule has 1 heterocycles. The predicted octanol–water partition coefficient (Wildman–Crippen LogP) is 5.33. The number of aryl methyl sites for hydroxylation is 3. The number of carbonyl (C=O) groups is 1. The molecule has 2 aromatic rings. The average Bonchev–Trinajstić information content (AvgIpc) is 3.16. The molecule has 0 aliphatic carbocycles. The Bertz CT molecular complexity index is 783. The Morgan fingerprint density at radius 1 is 1.08 bits per heavy atom. The quantitative estimate of drug-likeness (QED) is 0.494. The van der Waals surface area contributed by atoms with Gasteiger partial charge >= 0.3 is 5.97 Å². The van der Waals surface area contributed by atoms with Crippen LogP contribution in [0.3, 0.4) is 0 Å². The third kappa shape index (κ3) is 4.77. The molecule has 1 fully saturated rings. The van der Waals surface area contributed by atoms with Crippen molar-refractivity contribution in [1.29, 1.82) is 0 Å². The van der Waals surface area contributed by atoms with E-state index in [9.17, 15) is 4.79 Å². The molecule has 0 unspecified atom stereocenters. The zero-order chi connectivity index (χ0) is 18.5. The SMILES string of the molecule is COc1cc(C2SCCS2)ccc1OC(=O)CCc1ccc(C)cc1C. The lowest BCUT2D eigenvalue weighted by Crippen LogP contribution is -2.10. The van der Waals surface area contributed by atoms with E-state index in [2.05, 4.69) is 32.0 Å². The summed E-state index contributed by atoms with van der Waals surface area (Å²) in [5.41, 5.74) is 4.85. The molecule has 1 aliphatic rings. The van der Waals surface area contributed by atoms with Gasteiger partial charge in [0.2, 0.25) is 0 Å². The topological polar surface area (TPSA) is 35.5 Å². The van der Waals surface area contributed by atoms with Crippen molar-refractivity contribution in [3.8, 4) is 11.5 Å². The summed E-state index contributed by atoms with van der Waals surface area (Å²) in [5, 5.41) is 0. The number of esters is 1. The zero-order valence-corrected chi connectivity index (χ0v) is 17.0. The summed E-state index contributed by atoms with van der Waals surface area (Å²) in [6.45, 7) is 4.15. The van der Waals surface area contributed by atoms with Gasteiger partial charge in [0.1, 0.15) is 0 Å². The van der Waals surface area contributed by atoms with Crippen LogP contribution in [0.15, 0.2) is 36.4 Å². The molecule has 0 bridgehead atoms. The van der Waals surface area contributed by atoms with Gasteiger partial charge in [-0.25, -0.2) is 0 Å². The highest BCUT2D eigenvalue weighted by Crippen LogP contribution is 2.46. The highest BCUT2D eigenvalue weighted by atomic mass is 32.2. The molecule has 3 nitrogen and oxygen atoms in total. The van der Waals surface area contributed by atoms with E-state index in [-0.39, 0.29) is 5.97 Å². The minimum atomic E-state index is -0.236. The molecule has 0 radical (unpaired) electrons. The first-order valence-electron chi connectivity index (χ1n) is 8.75. The van der Waals surface area contributed by atoms with Crippen molar-refractivity contribution in [2.75, 3.05) is 18.6 Å². The van der Waals surface area contributed by atoms with Crippen LogP contribution in [0.4, 0.5) is 0 Å². The summed E-state index contributed by atoms with van der Waals surface area (Å²) in [5.74, 6) is 3.23. The molecule has 1 aliphatic heterocycles. The zero-order valence-electron chi connectivity index (χ0n) is 15.4. The van der Waals surface area contributed by atoms with Gasteiger partial charge in [-0.05, 0) is 49.1 Å². The smallest absolute Gasteiger partial charge is 0.311 e. The van der Waals surface area contributed by atoms with Crippen molar-refractivity contribution < 1.29 is 14.3 Å². The molecule has 5 heteroatoms. The summed E-state index contributed by atoms with van der Waals surface area (Å²) in [7, 11) is 1.61. The molecular weight excluding hydrogens is 364 g/mol. The van der Waals surface area contributed by atoms with E-state index < -0.39 is 0 Å². The van der Waals surface area contributed by atoms with E-state index in [4.69, 9.17) is 9.47 Å². The van der Waals surface area contributed by atoms with Gasteiger partial charge in [0.05, 0.1) is 11.7 Å². The average molecular weight is 389 g/mol. The highest BCUT2D eigenvalue weighted by Gasteiger charge is 2.20. The van der Waals surface area contributed by atoms with Gasteiger partial charge in [-0.2, -0.15) is 0 Å². The summed E-state index contributed by atoms with van der Waals surface area (Å²) in [6.07, 6.45) is 1.03. The number of hydrogen-bond donors (Lipinski definition) is 0. The minimum Gasteiger partial charge on any atom is -0.493 e. The maximum atomic E-state index is 12.3. The molecule has 138 valence electrons. The molecule has 1 saturated heterocycles. The molecule has 0 saturated carbocycles. The maximum absolute atomic E-state index is 12.3. The number of carbonyl (C=O) groups excluding carboxylic acids is 1. The Morgan fingerprint density at radius 3 is 2.54 bits per heavy atom. The van der Waals surface area contributed by atoms with Crippen molar-refractivity contribution in [2.24, 2.45) is 0 Å². The van der Waals surface area contributed by atoms with E-state index >= 15 is 0 Å².